The molecule has 0 saturated carbocycles. The molecule has 2 amide bonds. The number of thiophene rings is 1. The number of carbonyl (C=O) groups excluding carboxylic acids is 2. The van der Waals surface area contributed by atoms with Crippen molar-refractivity contribution < 1.29 is 9.59 Å². The van der Waals surface area contributed by atoms with Gasteiger partial charge in [0.2, 0.25) is 11.8 Å². The largest absolute Gasteiger partial charge is 0.356 e. The van der Waals surface area contributed by atoms with Gasteiger partial charge >= 0.3 is 0 Å². The van der Waals surface area contributed by atoms with Crippen LogP contribution in [0.3, 0.4) is 0 Å². The van der Waals surface area contributed by atoms with E-state index in [1.165, 1.54) is 0 Å². The molecular weight excluding hydrogens is 248 g/mol. The summed E-state index contributed by atoms with van der Waals surface area (Å²) in [7, 11) is 1.78. The number of carbonyl (C=O) groups is 2. The molecule has 0 radical (unpaired) electrons. The minimum Gasteiger partial charge on any atom is -0.356 e. The number of hydrogen-bond donors (Lipinski definition) is 1. The molecule has 0 aliphatic carbocycles. The van der Waals surface area contributed by atoms with Gasteiger partial charge in [-0.2, -0.15) is 0 Å². The van der Waals surface area contributed by atoms with Gasteiger partial charge < -0.3 is 10.2 Å². The van der Waals surface area contributed by atoms with Crippen LogP contribution in [0.25, 0.3) is 0 Å². The molecule has 2 heterocycles. The van der Waals surface area contributed by atoms with E-state index in [1.807, 2.05) is 24.4 Å². The molecule has 2 atom stereocenters. The average molecular weight is 266 g/mol. The van der Waals surface area contributed by atoms with Crippen LogP contribution in [0, 0.1) is 5.92 Å². The summed E-state index contributed by atoms with van der Waals surface area (Å²) < 4.78 is 0. The maximum Gasteiger partial charge on any atom is 0.226 e. The lowest BCUT2D eigenvalue weighted by Crippen LogP contribution is -2.34. The van der Waals surface area contributed by atoms with Gasteiger partial charge in [0.25, 0.3) is 0 Å². The van der Waals surface area contributed by atoms with E-state index < -0.39 is 0 Å². The highest BCUT2D eigenvalue weighted by molar-refractivity contribution is 7.10. The Hall–Kier alpha value is -1.36. The Balaban J connectivity index is 2.18. The Morgan fingerprint density at radius 2 is 2.39 bits per heavy atom. The van der Waals surface area contributed by atoms with E-state index in [0.29, 0.717) is 13.0 Å². The average Bonchev–Trinajstić information content (AvgIpc) is 2.96. The fourth-order valence-corrected chi connectivity index (χ4v) is 3.27. The van der Waals surface area contributed by atoms with Crippen LogP contribution in [-0.4, -0.2) is 30.3 Å². The topological polar surface area (TPSA) is 49.4 Å². The number of nitrogens with one attached hydrogen (secondary N) is 1. The summed E-state index contributed by atoms with van der Waals surface area (Å²) in [5, 5.41) is 4.87. The Kier molecular flexibility index (Phi) is 4.01. The third-order valence-corrected chi connectivity index (χ3v) is 4.25. The summed E-state index contributed by atoms with van der Waals surface area (Å²) in [5.41, 5.74) is 0. The number of nitrogens with zero attached hydrogens (tertiary/aromatic N) is 1. The smallest absolute Gasteiger partial charge is 0.226 e. The van der Waals surface area contributed by atoms with Crippen molar-refractivity contribution in [1.29, 1.82) is 0 Å². The van der Waals surface area contributed by atoms with Crippen molar-refractivity contribution >= 4 is 23.2 Å². The van der Waals surface area contributed by atoms with Crippen molar-refractivity contribution in [2.24, 2.45) is 5.92 Å². The molecule has 1 aromatic heterocycles. The quantitative estimate of drug-likeness (QED) is 0.903. The summed E-state index contributed by atoms with van der Waals surface area (Å²) >= 11 is 1.60. The van der Waals surface area contributed by atoms with E-state index in [4.69, 9.17) is 0 Å². The molecule has 0 unspecified atom stereocenters. The van der Waals surface area contributed by atoms with Gasteiger partial charge in [-0.05, 0) is 17.9 Å². The van der Waals surface area contributed by atoms with E-state index in [2.05, 4.69) is 5.32 Å². The van der Waals surface area contributed by atoms with E-state index in [0.717, 1.165) is 11.3 Å². The van der Waals surface area contributed by atoms with E-state index in [-0.39, 0.29) is 23.8 Å². The molecule has 18 heavy (non-hydrogen) atoms. The lowest BCUT2D eigenvalue weighted by atomic mass is 9.98. The lowest BCUT2D eigenvalue weighted by Gasteiger charge is -2.23. The summed E-state index contributed by atoms with van der Waals surface area (Å²) in [6.45, 7) is 2.69. The van der Waals surface area contributed by atoms with Gasteiger partial charge in [-0.3, -0.25) is 9.59 Å². The number of rotatable bonds is 4. The second kappa shape index (κ2) is 5.52. The highest BCUT2D eigenvalue weighted by atomic mass is 32.1. The van der Waals surface area contributed by atoms with Crippen molar-refractivity contribution in [2.45, 2.75) is 25.8 Å². The molecule has 1 saturated heterocycles. The van der Waals surface area contributed by atoms with Crippen LogP contribution < -0.4 is 5.32 Å². The zero-order chi connectivity index (χ0) is 13.1. The number of hydrogen-bond acceptors (Lipinski definition) is 3. The zero-order valence-electron chi connectivity index (χ0n) is 10.7. The van der Waals surface area contributed by atoms with Crippen LogP contribution in [0.5, 0.6) is 0 Å². The molecule has 1 aliphatic heterocycles. The maximum atomic E-state index is 12.1. The fourth-order valence-electron chi connectivity index (χ4n) is 2.33. The van der Waals surface area contributed by atoms with Gasteiger partial charge in [-0.1, -0.05) is 13.0 Å². The molecule has 2 rings (SSSR count). The van der Waals surface area contributed by atoms with Gasteiger partial charge in [0.1, 0.15) is 0 Å². The summed E-state index contributed by atoms with van der Waals surface area (Å²) in [6, 6.07) is 3.84. The van der Waals surface area contributed by atoms with Gasteiger partial charge in [0.05, 0.1) is 12.0 Å². The van der Waals surface area contributed by atoms with E-state index in [9.17, 15) is 9.59 Å². The van der Waals surface area contributed by atoms with Crippen molar-refractivity contribution in [1.82, 2.24) is 10.2 Å². The number of amides is 2. The van der Waals surface area contributed by atoms with Crippen LogP contribution >= 0.6 is 11.3 Å². The monoisotopic (exact) mass is 266 g/mol. The highest BCUT2D eigenvalue weighted by Gasteiger charge is 2.42. The second-order valence-electron chi connectivity index (χ2n) is 4.57. The summed E-state index contributed by atoms with van der Waals surface area (Å²) in [6.07, 6.45) is 1.22. The van der Waals surface area contributed by atoms with Crippen molar-refractivity contribution in [3.8, 4) is 0 Å². The van der Waals surface area contributed by atoms with Crippen LogP contribution in [0.1, 0.15) is 30.7 Å². The molecular formula is C13H18N2O2S. The van der Waals surface area contributed by atoms with Crippen molar-refractivity contribution in [3.63, 3.8) is 0 Å². The van der Waals surface area contributed by atoms with Gasteiger partial charge in [-0.15, -0.1) is 11.3 Å². The van der Waals surface area contributed by atoms with Gasteiger partial charge in [0, 0.05) is 24.9 Å². The predicted octanol–water partition coefficient (Wildman–Crippen LogP) is 1.79. The summed E-state index contributed by atoms with van der Waals surface area (Å²) in [4.78, 5) is 26.7. The van der Waals surface area contributed by atoms with Crippen LogP contribution in [-0.2, 0) is 9.59 Å². The first-order valence-corrected chi connectivity index (χ1v) is 7.10. The molecule has 98 valence electrons. The molecule has 0 bridgehead atoms. The first kappa shape index (κ1) is 13.1. The van der Waals surface area contributed by atoms with Crippen LogP contribution in [0.4, 0.5) is 0 Å². The van der Waals surface area contributed by atoms with E-state index >= 15 is 0 Å². The molecule has 1 fully saturated rings. The molecule has 1 N–H and O–H groups in total. The van der Waals surface area contributed by atoms with Crippen molar-refractivity contribution in [3.05, 3.63) is 22.4 Å². The molecule has 0 aromatic carbocycles. The first-order chi connectivity index (χ1) is 8.65. The van der Waals surface area contributed by atoms with Gasteiger partial charge in [-0.25, -0.2) is 0 Å². The third-order valence-electron chi connectivity index (χ3n) is 3.31. The van der Waals surface area contributed by atoms with Gasteiger partial charge in [0.15, 0.2) is 0 Å². The zero-order valence-corrected chi connectivity index (χ0v) is 11.5. The molecule has 4 nitrogen and oxygen atoms in total. The Bertz CT molecular complexity index is 430. The minimum absolute atomic E-state index is 0.00653. The summed E-state index contributed by atoms with van der Waals surface area (Å²) in [5.74, 6) is -0.217. The molecule has 0 spiro atoms. The molecule has 1 aliphatic rings. The molecule has 5 heteroatoms. The Morgan fingerprint density at radius 1 is 1.61 bits per heavy atom. The van der Waals surface area contributed by atoms with Crippen LogP contribution in [0.2, 0.25) is 0 Å². The minimum atomic E-state index is -0.257. The standard InChI is InChI=1S/C13H18N2O2S/c1-3-6-14-13(17)9-8-11(16)15(2)12(9)10-5-4-7-18-10/h4-5,7,9,12H,3,6,8H2,1-2H3,(H,14,17)/t9-,12-/m0/s1. The van der Waals surface area contributed by atoms with Crippen molar-refractivity contribution in [2.75, 3.05) is 13.6 Å². The fraction of sp³-hybridized carbons (Fsp3) is 0.538. The Labute approximate surface area is 111 Å². The predicted molar refractivity (Wildman–Crippen MR) is 71.2 cm³/mol. The third kappa shape index (κ3) is 2.41. The normalized spacial score (nSPS) is 23.4. The maximum absolute atomic E-state index is 12.1. The van der Waals surface area contributed by atoms with Crippen LogP contribution in [0.15, 0.2) is 17.5 Å². The molecule has 1 aromatic rings. The number of likely N-dealkylation sites (tertiary alicyclic amines) is 1. The lowest BCUT2D eigenvalue weighted by molar-refractivity contribution is -0.128. The van der Waals surface area contributed by atoms with E-state index in [1.54, 1.807) is 23.3 Å². The first-order valence-electron chi connectivity index (χ1n) is 6.22. The SMILES string of the molecule is CCCNC(=O)[C@H]1CC(=O)N(C)[C@@H]1c1cccs1. The Morgan fingerprint density at radius 3 is 3.00 bits per heavy atom. The second-order valence-corrected chi connectivity index (χ2v) is 5.55. The highest BCUT2D eigenvalue weighted by Crippen LogP contribution is 2.38.